The molecule has 1 aromatic rings. The van der Waals surface area contributed by atoms with Gasteiger partial charge >= 0.3 is 0 Å². The Morgan fingerprint density at radius 3 is 2.50 bits per heavy atom. The van der Waals surface area contributed by atoms with Crippen LogP contribution >= 0.6 is 11.6 Å². The third-order valence-electron chi connectivity index (χ3n) is 1.86. The van der Waals surface area contributed by atoms with E-state index in [1.807, 2.05) is 13.8 Å². The molecule has 0 aliphatic carbocycles. The van der Waals surface area contributed by atoms with Crippen LogP contribution in [0.15, 0.2) is 0 Å². The van der Waals surface area contributed by atoms with Crippen molar-refractivity contribution in [3.63, 3.8) is 0 Å². The number of nitrogens with zero attached hydrogens (tertiary/aromatic N) is 2. The van der Waals surface area contributed by atoms with Gasteiger partial charge in [0.25, 0.3) is 0 Å². The third-order valence-corrected chi connectivity index (χ3v) is 2.28. The van der Waals surface area contributed by atoms with Crippen LogP contribution in [0.4, 0.5) is 0 Å². The SMILES string of the molecule is CCc1nn(CC)c(Cl)c1CO. The number of aryl methyl sites for hydroxylation is 2. The second-order valence-corrected chi connectivity index (χ2v) is 2.90. The lowest BCUT2D eigenvalue weighted by molar-refractivity contribution is 0.280. The van der Waals surface area contributed by atoms with Crippen molar-refractivity contribution in [3.05, 3.63) is 16.4 Å². The van der Waals surface area contributed by atoms with Crippen LogP contribution < -0.4 is 0 Å². The molecule has 0 fully saturated rings. The Labute approximate surface area is 77.0 Å². The van der Waals surface area contributed by atoms with Crippen molar-refractivity contribution in [1.29, 1.82) is 0 Å². The van der Waals surface area contributed by atoms with Crippen molar-refractivity contribution in [1.82, 2.24) is 9.78 Å². The van der Waals surface area contributed by atoms with Crippen LogP contribution in [0.2, 0.25) is 5.15 Å². The standard InChI is InChI=1S/C8H13ClN2O/c1-3-7-6(5-12)8(9)11(4-2)10-7/h12H,3-5H2,1-2H3. The van der Waals surface area contributed by atoms with Gasteiger partial charge in [-0.15, -0.1) is 0 Å². The monoisotopic (exact) mass is 188 g/mol. The van der Waals surface area contributed by atoms with E-state index >= 15 is 0 Å². The molecule has 0 spiro atoms. The van der Waals surface area contributed by atoms with Crippen molar-refractivity contribution in [3.8, 4) is 0 Å². The zero-order valence-corrected chi connectivity index (χ0v) is 8.10. The Balaban J connectivity index is 3.13. The summed E-state index contributed by atoms with van der Waals surface area (Å²) in [4.78, 5) is 0. The van der Waals surface area contributed by atoms with Crippen molar-refractivity contribution in [2.75, 3.05) is 0 Å². The highest BCUT2D eigenvalue weighted by Crippen LogP contribution is 2.20. The third kappa shape index (κ3) is 1.47. The number of aromatic nitrogens is 2. The van der Waals surface area contributed by atoms with Gasteiger partial charge < -0.3 is 5.11 Å². The van der Waals surface area contributed by atoms with Gasteiger partial charge in [-0.2, -0.15) is 5.10 Å². The lowest BCUT2D eigenvalue weighted by Gasteiger charge is -1.96. The zero-order valence-electron chi connectivity index (χ0n) is 7.34. The molecule has 0 atom stereocenters. The topological polar surface area (TPSA) is 38.0 Å². The molecule has 12 heavy (non-hydrogen) atoms. The average molecular weight is 189 g/mol. The van der Waals surface area contributed by atoms with Gasteiger partial charge in [-0.05, 0) is 13.3 Å². The van der Waals surface area contributed by atoms with Gasteiger partial charge in [0.15, 0.2) is 0 Å². The number of hydrogen-bond acceptors (Lipinski definition) is 2. The molecule has 0 amide bonds. The first kappa shape index (κ1) is 9.55. The molecule has 0 unspecified atom stereocenters. The Hall–Kier alpha value is -0.540. The number of aliphatic hydroxyl groups is 1. The maximum absolute atomic E-state index is 9.00. The number of rotatable bonds is 3. The fourth-order valence-electron chi connectivity index (χ4n) is 1.17. The van der Waals surface area contributed by atoms with Crippen LogP contribution in [0.3, 0.4) is 0 Å². The van der Waals surface area contributed by atoms with E-state index in [1.54, 1.807) is 4.68 Å². The summed E-state index contributed by atoms with van der Waals surface area (Å²) in [5.41, 5.74) is 1.66. The van der Waals surface area contributed by atoms with Gasteiger partial charge in [-0.1, -0.05) is 18.5 Å². The maximum Gasteiger partial charge on any atom is 0.132 e. The molecule has 0 saturated heterocycles. The van der Waals surface area contributed by atoms with Crippen LogP contribution in [0.25, 0.3) is 0 Å². The quantitative estimate of drug-likeness (QED) is 0.783. The highest BCUT2D eigenvalue weighted by molar-refractivity contribution is 6.30. The Kier molecular flexibility index (Phi) is 3.12. The largest absolute Gasteiger partial charge is 0.391 e. The highest BCUT2D eigenvalue weighted by Gasteiger charge is 2.12. The summed E-state index contributed by atoms with van der Waals surface area (Å²) < 4.78 is 1.70. The normalized spacial score (nSPS) is 10.7. The van der Waals surface area contributed by atoms with Crippen LogP contribution in [0, 0.1) is 0 Å². The molecule has 0 aromatic carbocycles. The molecular weight excluding hydrogens is 176 g/mol. The second-order valence-electron chi connectivity index (χ2n) is 2.54. The average Bonchev–Trinajstić information content (AvgIpc) is 2.41. The molecule has 4 heteroatoms. The minimum atomic E-state index is -0.0258. The van der Waals surface area contributed by atoms with E-state index in [1.165, 1.54) is 0 Å². The first-order valence-electron chi connectivity index (χ1n) is 4.09. The van der Waals surface area contributed by atoms with Crippen molar-refractivity contribution < 1.29 is 5.11 Å². The number of hydrogen-bond donors (Lipinski definition) is 1. The predicted octanol–water partition coefficient (Wildman–Crippen LogP) is 1.61. The van der Waals surface area contributed by atoms with Gasteiger partial charge in [0.05, 0.1) is 12.3 Å². The van der Waals surface area contributed by atoms with E-state index in [4.69, 9.17) is 16.7 Å². The minimum absolute atomic E-state index is 0.0258. The van der Waals surface area contributed by atoms with Crippen molar-refractivity contribution in [2.24, 2.45) is 0 Å². The summed E-state index contributed by atoms with van der Waals surface area (Å²) >= 11 is 5.95. The molecule has 1 heterocycles. The summed E-state index contributed by atoms with van der Waals surface area (Å²) in [7, 11) is 0. The van der Waals surface area contributed by atoms with E-state index in [9.17, 15) is 0 Å². The van der Waals surface area contributed by atoms with Gasteiger partial charge in [0, 0.05) is 12.1 Å². The summed E-state index contributed by atoms with van der Waals surface area (Å²) in [6.07, 6.45) is 0.808. The molecule has 1 rings (SSSR count). The van der Waals surface area contributed by atoms with Crippen LogP contribution in [0.5, 0.6) is 0 Å². The first-order chi connectivity index (χ1) is 5.74. The van der Waals surface area contributed by atoms with Gasteiger partial charge in [-0.3, -0.25) is 4.68 Å². The molecule has 0 saturated carbocycles. The summed E-state index contributed by atoms with van der Waals surface area (Å²) in [5, 5.41) is 13.8. The van der Waals surface area contributed by atoms with Crippen LogP contribution in [-0.4, -0.2) is 14.9 Å². The number of aliphatic hydroxyl groups excluding tert-OH is 1. The fraction of sp³-hybridized carbons (Fsp3) is 0.625. The van der Waals surface area contributed by atoms with Crippen molar-refractivity contribution >= 4 is 11.6 Å². The van der Waals surface area contributed by atoms with Gasteiger partial charge in [0.1, 0.15) is 5.15 Å². The minimum Gasteiger partial charge on any atom is -0.391 e. The van der Waals surface area contributed by atoms with E-state index in [0.29, 0.717) is 5.15 Å². The molecule has 3 nitrogen and oxygen atoms in total. The van der Waals surface area contributed by atoms with Crippen LogP contribution in [-0.2, 0) is 19.6 Å². The molecule has 0 bridgehead atoms. The second kappa shape index (κ2) is 3.92. The molecule has 1 aromatic heterocycles. The maximum atomic E-state index is 9.00. The summed E-state index contributed by atoms with van der Waals surface area (Å²) in [6, 6.07) is 0. The first-order valence-corrected chi connectivity index (χ1v) is 4.47. The predicted molar refractivity (Wildman–Crippen MR) is 48.2 cm³/mol. The Morgan fingerprint density at radius 2 is 2.17 bits per heavy atom. The molecule has 0 aliphatic rings. The Bertz CT molecular complexity index is 270. The summed E-state index contributed by atoms with van der Waals surface area (Å²) in [5.74, 6) is 0. The van der Waals surface area contributed by atoms with Crippen LogP contribution in [0.1, 0.15) is 25.1 Å². The molecular formula is C8H13ClN2O. The van der Waals surface area contributed by atoms with Crippen molar-refractivity contribution in [2.45, 2.75) is 33.4 Å². The van der Waals surface area contributed by atoms with E-state index in [-0.39, 0.29) is 6.61 Å². The fourth-order valence-corrected chi connectivity index (χ4v) is 1.50. The zero-order chi connectivity index (χ0) is 9.14. The molecule has 0 aliphatic heterocycles. The van der Waals surface area contributed by atoms with E-state index in [2.05, 4.69) is 5.10 Å². The lowest BCUT2D eigenvalue weighted by Crippen LogP contribution is -1.96. The van der Waals surface area contributed by atoms with Gasteiger partial charge in [0.2, 0.25) is 0 Å². The van der Waals surface area contributed by atoms with Gasteiger partial charge in [-0.25, -0.2) is 0 Å². The van der Waals surface area contributed by atoms with E-state index < -0.39 is 0 Å². The number of halogens is 1. The molecule has 0 radical (unpaired) electrons. The van der Waals surface area contributed by atoms with E-state index in [0.717, 1.165) is 24.2 Å². The lowest BCUT2D eigenvalue weighted by atomic mass is 10.2. The highest BCUT2D eigenvalue weighted by atomic mass is 35.5. The Morgan fingerprint density at radius 1 is 1.50 bits per heavy atom. The summed E-state index contributed by atoms with van der Waals surface area (Å²) in [6.45, 7) is 4.69. The smallest absolute Gasteiger partial charge is 0.132 e. The molecule has 68 valence electrons. The molecule has 1 N–H and O–H groups in total.